The standard InChI is InChI=1S/C20H21FN4OS2/c1-5-6-14(25-8-7-15(23)24-20(25)26)13-9-12(10(2)22)18(27-4)19-16(13)17(21)11(3)28-19/h6-9H,2,5,22H2,1,3-4H3,(H2,23,24,26)/b14-6-. The zero-order valence-electron chi connectivity index (χ0n) is 15.9. The average Bonchev–Trinajstić information content (AvgIpc) is 2.94. The normalized spacial score (nSPS) is 11.9. The van der Waals surface area contributed by atoms with Gasteiger partial charge in [-0.2, -0.15) is 4.98 Å². The molecular weight excluding hydrogens is 395 g/mol. The van der Waals surface area contributed by atoms with Crippen LogP contribution in [0.3, 0.4) is 0 Å². The van der Waals surface area contributed by atoms with E-state index in [9.17, 15) is 4.79 Å². The van der Waals surface area contributed by atoms with Crippen LogP contribution in [0.2, 0.25) is 0 Å². The Bertz CT molecular complexity index is 1180. The van der Waals surface area contributed by atoms with E-state index in [1.165, 1.54) is 33.7 Å². The van der Waals surface area contributed by atoms with Gasteiger partial charge in [0.2, 0.25) is 0 Å². The number of fused-ring (bicyclic) bond motifs is 1. The minimum Gasteiger partial charge on any atom is -0.399 e. The number of thioether (sulfide) groups is 1. The van der Waals surface area contributed by atoms with Gasteiger partial charge in [0, 0.05) is 38.2 Å². The summed E-state index contributed by atoms with van der Waals surface area (Å²) in [6.07, 6.45) is 5.98. The van der Waals surface area contributed by atoms with E-state index >= 15 is 4.39 Å². The number of hydrogen-bond donors (Lipinski definition) is 2. The molecule has 0 spiro atoms. The molecule has 5 nitrogen and oxygen atoms in total. The van der Waals surface area contributed by atoms with E-state index in [-0.39, 0.29) is 11.6 Å². The molecule has 0 amide bonds. The Morgan fingerprint density at radius 3 is 2.75 bits per heavy atom. The molecule has 8 heteroatoms. The monoisotopic (exact) mass is 416 g/mol. The summed E-state index contributed by atoms with van der Waals surface area (Å²) in [6, 6.07) is 3.34. The maximum absolute atomic E-state index is 15.1. The number of hydrogen-bond acceptors (Lipinski definition) is 6. The molecule has 0 saturated carbocycles. The zero-order valence-corrected chi connectivity index (χ0v) is 17.5. The van der Waals surface area contributed by atoms with E-state index in [4.69, 9.17) is 11.5 Å². The highest BCUT2D eigenvalue weighted by Crippen LogP contribution is 2.43. The van der Waals surface area contributed by atoms with E-state index in [1.54, 1.807) is 19.2 Å². The van der Waals surface area contributed by atoms with Gasteiger partial charge in [0.1, 0.15) is 11.6 Å². The van der Waals surface area contributed by atoms with Crippen LogP contribution in [0.4, 0.5) is 10.2 Å². The van der Waals surface area contributed by atoms with Gasteiger partial charge in [-0.15, -0.1) is 23.1 Å². The lowest BCUT2D eigenvalue weighted by molar-refractivity contribution is 0.636. The number of nitrogens with zero attached hydrogens (tertiary/aromatic N) is 2. The third-order valence-corrected chi connectivity index (χ3v) is 6.39. The Hall–Kier alpha value is -2.58. The van der Waals surface area contributed by atoms with Crippen LogP contribution in [0.15, 0.2) is 40.7 Å². The van der Waals surface area contributed by atoms with Gasteiger partial charge in [-0.1, -0.05) is 19.6 Å². The van der Waals surface area contributed by atoms with Crippen molar-refractivity contribution < 1.29 is 4.39 Å². The van der Waals surface area contributed by atoms with Crippen molar-refractivity contribution in [3.8, 4) is 0 Å². The first kappa shape index (κ1) is 20.2. The van der Waals surface area contributed by atoms with Crippen molar-refractivity contribution in [3.05, 3.63) is 63.3 Å². The Labute approximate surface area is 170 Å². The Balaban J connectivity index is 2.47. The average molecular weight is 417 g/mol. The molecule has 3 rings (SSSR count). The van der Waals surface area contributed by atoms with Gasteiger partial charge in [-0.3, -0.25) is 4.57 Å². The molecule has 3 aromatic rings. The summed E-state index contributed by atoms with van der Waals surface area (Å²) >= 11 is 2.87. The first-order valence-electron chi connectivity index (χ1n) is 8.60. The van der Waals surface area contributed by atoms with Crippen LogP contribution < -0.4 is 17.2 Å². The molecule has 0 aliphatic rings. The highest BCUT2D eigenvalue weighted by molar-refractivity contribution is 7.99. The number of benzene rings is 1. The number of anilines is 1. The molecule has 1 aromatic carbocycles. The smallest absolute Gasteiger partial charge is 0.354 e. The number of rotatable bonds is 5. The van der Waals surface area contributed by atoms with Crippen molar-refractivity contribution in [1.82, 2.24) is 9.55 Å². The number of halogens is 1. The van der Waals surface area contributed by atoms with E-state index in [0.717, 1.165) is 15.2 Å². The second-order valence-electron chi connectivity index (χ2n) is 6.21. The van der Waals surface area contributed by atoms with Gasteiger partial charge in [0.15, 0.2) is 0 Å². The molecule has 146 valence electrons. The van der Waals surface area contributed by atoms with Crippen molar-refractivity contribution in [2.24, 2.45) is 5.73 Å². The van der Waals surface area contributed by atoms with Gasteiger partial charge < -0.3 is 11.5 Å². The van der Waals surface area contributed by atoms with Crippen LogP contribution in [0.25, 0.3) is 21.5 Å². The summed E-state index contributed by atoms with van der Waals surface area (Å²) in [5.41, 5.74) is 13.4. The highest BCUT2D eigenvalue weighted by atomic mass is 32.2. The van der Waals surface area contributed by atoms with Crippen molar-refractivity contribution in [2.75, 3.05) is 12.0 Å². The van der Waals surface area contributed by atoms with Crippen LogP contribution in [-0.4, -0.2) is 15.8 Å². The maximum Gasteiger partial charge on any atom is 0.354 e. The topological polar surface area (TPSA) is 86.9 Å². The molecule has 0 bridgehead atoms. The predicted molar refractivity (Wildman–Crippen MR) is 118 cm³/mol. The lowest BCUT2D eigenvalue weighted by atomic mass is 10.0. The molecule has 0 radical (unpaired) electrons. The molecule has 28 heavy (non-hydrogen) atoms. The van der Waals surface area contributed by atoms with Gasteiger partial charge in [0.25, 0.3) is 0 Å². The second-order valence-corrected chi connectivity index (χ2v) is 8.25. The molecular formula is C20H21FN4OS2. The Morgan fingerprint density at radius 1 is 1.46 bits per heavy atom. The van der Waals surface area contributed by atoms with Crippen LogP contribution in [0.1, 0.15) is 29.3 Å². The van der Waals surface area contributed by atoms with Crippen molar-refractivity contribution in [3.63, 3.8) is 0 Å². The van der Waals surface area contributed by atoms with Gasteiger partial charge >= 0.3 is 5.69 Å². The maximum atomic E-state index is 15.1. The largest absolute Gasteiger partial charge is 0.399 e. The zero-order chi connectivity index (χ0) is 20.6. The third kappa shape index (κ3) is 3.33. The number of thiophene rings is 1. The lowest BCUT2D eigenvalue weighted by Gasteiger charge is -2.16. The van der Waals surface area contributed by atoms with Crippen LogP contribution in [0.5, 0.6) is 0 Å². The van der Waals surface area contributed by atoms with Crippen molar-refractivity contribution >= 4 is 50.4 Å². The van der Waals surface area contributed by atoms with Crippen LogP contribution in [0, 0.1) is 12.7 Å². The van der Waals surface area contributed by atoms with Crippen LogP contribution >= 0.6 is 23.1 Å². The van der Waals surface area contributed by atoms with E-state index < -0.39 is 5.69 Å². The van der Waals surface area contributed by atoms with Gasteiger partial charge in [0.05, 0.1) is 10.4 Å². The van der Waals surface area contributed by atoms with Gasteiger partial charge in [-0.25, -0.2) is 9.18 Å². The highest BCUT2D eigenvalue weighted by Gasteiger charge is 2.22. The minimum atomic E-state index is -0.526. The quantitative estimate of drug-likeness (QED) is 0.601. The molecule has 0 fully saturated rings. The molecule has 2 heterocycles. The summed E-state index contributed by atoms with van der Waals surface area (Å²) in [5, 5.41) is 0.472. The molecule has 0 atom stereocenters. The summed E-state index contributed by atoms with van der Waals surface area (Å²) in [5.74, 6) is -0.161. The first-order chi connectivity index (χ1) is 13.3. The fourth-order valence-corrected chi connectivity index (χ4v) is 5.18. The molecule has 0 aliphatic heterocycles. The number of allylic oxidation sites excluding steroid dienone is 1. The fourth-order valence-electron chi connectivity index (χ4n) is 3.10. The summed E-state index contributed by atoms with van der Waals surface area (Å²) in [4.78, 5) is 17.8. The molecule has 0 unspecified atom stereocenters. The number of nitrogens with two attached hydrogens (primary N) is 2. The lowest BCUT2D eigenvalue weighted by Crippen LogP contribution is -2.23. The van der Waals surface area contributed by atoms with Gasteiger partial charge in [-0.05, 0) is 31.7 Å². The number of nitrogen functional groups attached to an aromatic ring is 1. The van der Waals surface area contributed by atoms with E-state index in [2.05, 4.69) is 11.6 Å². The van der Waals surface area contributed by atoms with Crippen molar-refractivity contribution in [1.29, 1.82) is 0 Å². The fraction of sp³-hybridized carbons (Fsp3) is 0.200. The summed E-state index contributed by atoms with van der Waals surface area (Å²) in [6.45, 7) is 7.56. The van der Waals surface area contributed by atoms with E-state index in [1.807, 2.05) is 19.3 Å². The second kappa shape index (κ2) is 7.81. The molecule has 0 saturated heterocycles. The Morgan fingerprint density at radius 2 is 2.18 bits per heavy atom. The minimum absolute atomic E-state index is 0.133. The van der Waals surface area contributed by atoms with E-state index in [0.29, 0.717) is 33.6 Å². The van der Waals surface area contributed by atoms with Crippen molar-refractivity contribution in [2.45, 2.75) is 25.2 Å². The molecule has 0 aliphatic carbocycles. The molecule has 4 N–H and O–H groups in total. The summed E-state index contributed by atoms with van der Waals surface area (Å²) < 4.78 is 17.3. The predicted octanol–water partition coefficient (Wildman–Crippen LogP) is 4.44. The first-order valence-corrected chi connectivity index (χ1v) is 10.6. The Kier molecular flexibility index (Phi) is 5.62. The number of aryl methyl sites for hydroxylation is 1. The summed E-state index contributed by atoms with van der Waals surface area (Å²) in [7, 11) is 0. The SMILES string of the molecule is C=C(N)c1cc(/C(=C/CC)n2ccc(N)nc2=O)c2c(F)c(C)sc2c1SC. The molecule has 2 aromatic heterocycles. The number of aromatic nitrogens is 2. The van der Waals surface area contributed by atoms with Crippen LogP contribution in [-0.2, 0) is 0 Å². The third-order valence-electron chi connectivity index (χ3n) is 4.33.